The number of carbonyl (C=O) groups excluding carboxylic acids is 1. The van der Waals surface area contributed by atoms with Gasteiger partial charge in [0.1, 0.15) is 11.4 Å². The highest BCUT2D eigenvalue weighted by molar-refractivity contribution is 5.75. The quantitative estimate of drug-likeness (QED) is 0.679. The first kappa shape index (κ1) is 14.3. The molecule has 0 bridgehead atoms. The van der Waals surface area contributed by atoms with Crippen LogP contribution < -0.4 is 4.74 Å². The fraction of sp³-hybridized carbons (Fsp3) is 0.235. The predicted molar refractivity (Wildman–Crippen MR) is 83.6 cm³/mol. The number of imidazole rings is 1. The van der Waals surface area contributed by atoms with E-state index in [-0.39, 0.29) is 0 Å². The molecule has 0 aliphatic carbocycles. The number of aldehydes is 1. The van der Waals surface area contributed by atoms with Gasteiger partial charge in [-0.1, -0.05) is 19.1 Å². The molecule has 0 spiro atoms. The minimum absolute atomic E-state index is 0.492. The van der Waals surface area contributed by atoms with E-state index in [0.29, 0.717) is 11.3 Å². The summed E-state index contributed by atoms with van der Waals surface area (Å²) >= 11 is 0. The van der Waals surface area contributed by atoms with Crippen molar-refractivity contribution < 1.29 is 9.53 Å². The summed E-state index contributed by atoms with van der Waals surface area (Å²) in [6.45, 7) is 2.01. The molecule has 0 amide bonds. The van der Waals surface area contributed by atoms with E-state index in [4.69, 9.17) is 4.74 Å². The van der Waals surface area contributed by atoms with Gasteiger partial charge in [0.05, 0.1) is 24.7 Å². The van der Waals surface area contributed by atoms with Crippen molar-refractivity contribution >= 4 is 11.9 Å². The Morgan fingerprint density at radius 1 is 1.27 bits per heavy atom. The van der Waals surface area contributed by atoms with Crippen LogP contribution in [0.25, 0.3) is 5.65 Å². The normalized spacial score (nSPS) is 10.8. The average Bonchev–Trinajstić information content (AvgIpc) is 2.92. The standard InChI is InChI=1S/C17H17N3O2/c1-3-16-15(11-21)19-17-9-18-13(10-20(16)17)8-12-4-6-14(22-2)7-5-12/h4-7,9-11H,3,8H2,1-2H3. The summed E-state index contributed by atoms with van der Waals surface area (Å²) in [5.41, 5.74) is 4.20. The molecule has 0 radical (unpaired) electrons. The Labute approximate surface area is 128 Å². The first-order valence-corrected chi connectivity index (χ1v) is 7.19. The number of rotatable bonds is 5. The number of aryl methyl sites for hydroxylation is 1. The van der Waals surface area contributed by atoms with Crippen molar-refractivity contribution in [1.29, 1.82) is 0 Å². The monoisotopic (exact) mass is 295 g/mol. The summed E-state index contributed by atoms with van der Waals surface area (Å²) in [5, 5.41) is 0. The van der Waals surface area contributed by atoms with E-state index in [1.165, 1.54) is 0 Å². The number of carbonyl (C=O) groups is 1. The minimum atomic E-state index is 0.492. The summed E-state index contributed by atoms with van der Waals surface area (Å²) in [7, 11) is 1.65. The SMILES string of the molecule is CCc1c(C=O)nc2cnc(Cc3ccc(OC)cc3)cn12. The molecule has 2 heterocycles. The molecule has 112 valence electrons. The van der Waals surface area contributed by atoms with Crippen molar-refractivity contribution in [2.75, 3.05) is 7.11 Å². The van der Waals surface area contributed by atoms with Crippen LogP contribution >= 0.6 is 0 Å². The van der Waals surface area contributed by atoms with Crippen LogP contribution in [0.4, 0.5) is 0 Å². The Bertz CT molecular complexity index is 807. The number of nitrogens with zero attached hydrogens (tertiary/aromatic N) is 3. The fourth-order valence-corrected chi connectivity index (χ4v) is 2.55. The Morgan fingerprint density at radius 3 is 2.68 bits per heavy atom. The van der Waals surface area contributed by atoms with Crippen molar-refractivity contribution in [3.8, 4) is 5.75 Å². The molecule has 0 N–H and O–H groups in total. The third kappa shape index (κ3) is 2.57. The molecule has 0 aliphatic rings. The molecule has 5 nitrogen and oxygen atoms in total. The van der Waals surface area contributed by atoms with Gasteiger partial charge in [-0.25, -0.2) is 4.98 Å². The Morgan fingerprint density at radius 2 is 2.05 bits per heavy atom. The highest BCUT2D eigenvalue weighted by Crippen LogP contribution is 2.16. The van der Waals surface area contributed by atoms with Gasteiger partial charge in [-0.05, 0) is 24.1 Å². The predicted octanol–water partition coefficient (Wildman–Crippen LogP) is 2.70. The zero-order valence-corrected chi connectivity index (χ0v) is 12.6. The molecule has 22 heavy (non-hydrogen) atoms. The van der Waals surface area contributed by atoms with Crippen LogP contribution in [0.5, 0.6) is 5.75 Å². The van der Waals surface area contributed by atoms with Gasteiger partial charge in [-0.3, -0.25) is 9.78 Å². The number of hydrogen-bond donors (Lipinski definition) is 0. The lowest BCUT2D eigenvalue weighted by molar-refractivity contribution is 0.111. The van der Waals surface area contributed by atoms with Gasteiger partial charge in [-0.15, -0.1) is 0 Å². The van der Waals surface area contributed by atoms with Crippen LogP contribution in [0.15, 0.2) is 36.7 Å². The second-order valence-electron chi connectivity index (χ2n) is 5.05. The zero-order valence-electron chi connectivity index (χ0n) is 12.6. The van der Waals surface area contributed by atoms with Gasteiger partial charge in [-0.2, -0.15) is 0 Å². The Hall–Kier alpha value is -2.69. The van der Waals surface area contributed by atoms with Crippen LogP contribution in [0.2, 0.25) is 0 Å². The molecule has 0 atom stereocenters. The maximum absolute atomic E-state index is 11.1. The fourth-order valence-electron chi connectivity index (χ4n) is 2.55. The second kappa shape index (κ2) is 5.97. The van der Waals surface area contributed by atoms with Crippen LogP contribution in [0.1, 0.15) is 34.4 Å². The third-order valence-corrected chi connectivity index (χ3v) is 3.68. The van der Waals surface area contributed by atoms with Crippen LogP contribution in [0, 0.1) is 0 Å². The van der Waals surface area contributed by atoms with E-state index in [9.17, 15) is 4.79 Å². The second-order valence-corrected chi connectivity index (χ2v) is 5.05. The van der Waals surface area contributed by atoms with Crippen LogP contribution in [-0.2, 0) is 12.8 Å². The molecule has 0 saturated heterocycles. The summed E-state index contributed by atoms with van der Waals surface area (Å²) in [6.07, 6.45) is 5.94. The number of benzene rings is 1. The van der Waals surface area contributed by atoms with Crippen molar-refractivity contribution in [2.45, 2.75) is 19.8 Å². The summed E-state index contributed by atoms with van der Waals surface area (Å²) in [6, 6.07) is 7.92. The van der Waals surface area contributed by atoms with E-state index in [1.54, 1.807) is 13.3 Å². The van der Waals surface area contributed by atoms with Gasteiger partial charge >= 0.3 is 0 Å². The van der Waals surface area contributed by atoms with Gasteiger partial charge < -0.3 is 9.14 Å². The van der Waals surface area contributed by atoms with E-state index in [0.717, 1.165) is 41.8 Å². The molecule has 3 rings (SSSR count). The highest BCUT2D eigenvalue weighted by atomic mass is 16.5. The lowest BCUT2D eigenvalue weighted by Crippen LogP contribution is -1.99. The average molecular weight is 295 g/mol. The van der Waals surface area contributed by atoms with E-state index < -0.39 is 0 Å². The molecule has 2 aromatic heterocycles. The summed E-state index contributed by atoms with van der Waals surface area (Å²) < 4.78 is 7.12. The molecule has 0 saturated carbocycles. The molecular formula is C17H17N3O2. The Balaban J connectivity index is 1.95. The number of hydrogen-bond acceptors (Lipinski definition) is 4. The topological polar surface area (TPSA) is 56.5 Å². The van der Waals surface area contributed by atoms with Crippen molar-refractivity contribution in [3.63, 3.8) is 0 Å². The van der Waals surface area contributed by atoms with Crippen molar-refractivity contribution in [3.05, 3.63) is 59.3 Å². The molecule has 3 aromatic rings. The maximum atomic E-state index is 11.1. The van der Waals surface area contributed by atoms with Gasteiger partial charge in [0.2, 0.25) is 0 Å². The number of fused-ring (bicyclic) bond motifs is 1. The molecule has 5 heteroatoms. The minimum Gasteiger partial charge on any atom is -0.497 e. The van der Waals surface area contributed by atoms with Gasteiger partial charge in [0.15, 0.2) is 11.9 Å². The first-order valence-electron chi connectivity index (χ1n) is 7.19. The Kier molecular flexibility index (Phi) is 3.87. The van der Waals surface area contributed by atoms with E-state index >= 15 is 0 Å². The maximum Gasteiger partial charge on any atom is 0.170 e. The van der Waals surface area contributed by atoms with Gasteiger partial charge in [0, 0.05) is 12.6 Å². The van der Waals surface area contributed by atoms with Crippen LogP contribution in [-0.4, -0.2) is 27.8 Å². The van der Waals surface area contributed by atoms with E-state index in [1.807, 2.05) is 41.8 Å². The highest BCUT2D eigenvalue weighted by Gasteiger charge is 2.11. The van der Waals surface area contributed by atoms with E-state index in [2.05, 4.69) is 9.97 Å². The number of aromatic nitrogens is 3. The number of ether oxygens (including phenoxy) is 1. The lowest BCUT2D eigenvalue weighted by atomic mass is 10.1. The molecule has 0 unspecified atom stereocenters. The summed E-state index contributed by atoms with van der Waals surface area (Å²) in [4.78, 5) is 19.8. The third-order valence-electron chi connectivity index (χ3n) is 3.68. The lowest BCUT2D eigenvalue weighted by Gasteiger charge is -2.05. The summed E-state index contributed by atoms with van der Waals surface area (Å²) in [5.74, 6) is 0.839. The molecule has 1 aromatic carbocycles. The van der Waals surface area contributed by atoms with Crippen LogP contribution in [0.3, 0.4) is 0 Å². The first-order chi connectivity index (χ1) is 10.7. The molecule has 0 fully saturated rings. The van der Waals surface area contributed by atoms with Gasteiger partial charge in [0.25, 0.3) is 0 Å². The molecular weight excluding hydrogens is 278 g/mol. The smallest absolute Gasteiger partial charge is 0.170 e. The van der Waals surface area contributed by atoms with Crippen molar-refractivity contribution in [2.24, 2.45) is 0 Å². The van der Waals surface area contributed by atoms with Crippen molar-refractivity contribution in [1.82, 2.24) is 14.4 Å². The molecule has 0 aliphatic heterocycles. The largest absolute Gasteiger partial charge is 0.497 e. The number of methoxy groups -OCH3 is 1. The zero-order chi connectivity index (χ0) is 15.5.